The summed E-state index contributed by atoms with van der Waals surface area (Å²) in [6.45, 7) is 7.81. The topological polar surface area (TPSA) is 110 Å². The van der Waals surface area contributed by atoms with Gasteiger partial charge in [0.25, 0.3) is 0 Å². The number of hydrogen-bond acceptors (Lipinski definition) is 5. The van der Waals surface area contributed by atoms with E-state index in [9.17, 15) is 27.6 Å². The number of fused-ring (bicyclic) bond motifs is 1. The van der Waals surface area contributed by atoms with Crippen LogP contribution in [0.3, 0.4) is 0 Å². The van der Waals surface area contributed by atoms with Crippen molar-refractivity contribution in [1.82, 2.24) is 20.0 Å². The van der Waals surface area contributed by atoms with Gasteiger partial charge in [-0.15, -0.1) is 0 Å². The zero-order valence-corrected chi connectivity index (χ0v) is 24.7. The van der Waals surface area contributed by atoms with Gasteiger partial charge in [0.15, 0.2) is 0 Å². The van der Waals surface area contributed by atoms with E-state index < -0.39 is 12.1 Å². The Labute approximate surface area is 250 Å². The maximum Gasteiger partial charge on any atom is 0.490 e. The van der Waals surface area contributed by atoms with Gasteiger partial charge in [-0.1, -0.05) is 43.2 Å². The summed E-state index contributed by atoms with van der Waals surface area (Å²) >= 11 is 0. The number of carboxylic acids is 1. The van der Waals surface area contributed by atoms with Gasteiger partial charge in [0, 0.05) is 64.6 Å². The van der Waals surface area contributed by atoms with Crippen LogP contribution in [0.25, 0.3) is 0 Å². The number of carbonyl (C=O) groups excluding carboxylic acids is 3. The predicted octanol–water partition coefficient (Wildman–Crippen LogP) is 3.71. The van der Waals surface area contributed by atoms with E-state index in [2.05, 4.69) is 39.4 Å². The number of aliphatic carboxylic acids is 1. The number of amides is 3. The highest BCUT2D eigenvalue weighted by atomic mass is 19.4. The van der Waals surface area contributed by atoms with Crippen LogP contribution in [-0.2, 0) is 19.2 Å². The second kappa shape index (κ2) is 14.5. The minimum absolute atomic E-state index is 0.0543. The highest BCUT2D eigenvalue weighted by molar-refractivity contribution is 5.80. The molecule has 1 aromatic rings. The first-order valence-electron chi connectivity index (χ1n) is 15.3. The molecule has 4 aliphatic rings. The molecule has 2 unspecified atom stereocenters. The van der Waals surface area contributed by atoms with Gasteiger partial charge < -0.3 is 25.1 Å². The maximum atomic E-state index is 13.1. The number of nitrogens with zero attached hydrogens (tertiary/aromatic N) is 3. The molecule has 0 spiro atoms. The second-order valence-corrected chi connectivity index (χ2v) is 12.3. The number of nitrogens with one attached hydrogen (secondary N) is 1. The monoisotopic (exact) mass is 608 g/mol. The molecule has 12 heteroatoms. The van der Waals surface area contributed by atoms with Crippen LogP contribution in [0.15, 0.2) is 30.3 Å². The number of halogens is 3. The smallest absolute Gasteiger partial charge is 0.475 e. The SMILES string of the molecule is CC(=O)N1CCC(C(=O)N2CC3CN(CCC(NC(=O)C4CCCC4)c4ccccc4)C[C@H]3C2)CC1.O=C(O)C(F)(F)F. The molecule has 238 valence electrons. The van der Waals surface area contributed by atoms with Crippen molar-refractivity contribution >= 4 is 23.7 Å². The molecular formula is C31H43F3N4O5. The Hall–Kier alpha value is -3.15. The van der Waals surface area contributed by atoms with Crippen LogP contribution in [0.1, 0.15) is 63.5 Å². The van der Waals surface area contributed by atoms with E-state index in [1.165, 1.54) is 18.4 Å². The van der Waals surface area contributed by atoms with E-state index in [4.69, 9.17) is 9.90 Å². The van der Waals surface area contributed by atoms with Gasteiger partial charge in [0.2, 0.25) is 17.7 Å². The van der Waals surface area contributed by atoms with E-state index in [-0.39, 0.29) is 29.7 Å². The minimum atomic E-state index is -5.08. The Morgan fingerprint density at radius 1 is 0.884 bits per heavy atom. The molecule has 3 amide bonds. The summed E-state index contributed by atoms with van der Waals surface area (Å²) < 4.78 is 31.7. The molecule has 0 aromatic heterocycles. The Bertz CT molecular complexity index is 1110. The fourth-order valence-corrected chi connectivity index (χ4v) is 6.95. The Kier molecular flexibility index (Phi) is 11.1. The predicted molar refractivity (Wildman–Crippen MR) is 153 cm³/mol. The zero-order chi connectivity index (χ0) is 31.1. The Morgan fingerprint density at radius 3 is 1.95 bits per heavy atom. The number of carboxylic acid groups (broad SMARTS) is 1. The second-order valence-electron chi connectivity index (χ2n) is 12.3. The lowest BCUT2D eigenvalue weighted by Gasteiger charge is -2.33. The highest BCUT2D eigenvalue weighted by Gasteiger charge is 2.43. The molecule has 0 bridgehead atoms. The van der Waals surface area contributed by atoms with Crippen molar-refractivity contribution < 1.29 is 37.5 Å². The number of rotatable bonds is 7. The first kappa shape index (κ1) is 32.8. The molecule has 3 saturated heterocycles. The van der Waals surface area contributed by atoms with Crippen LogP contribution in [-0.4, -0.2) is 95.5 Å². The molecular weight excluding hydrogens is 565 g/mol. The normalized spacial score (nSPS) is 23.8. The molecule has 3 atom stereocenters. The zero-order valence-electron chi connectivity index (χ0n) is 24.7. The molecule has 0 radical (unpaired) electrons. The third kappa shape index (κ3) is 8.93. The summed E-state index contributed by atoms with van der Waals surface area (Å²) in [5.74, 6) is -0.757. The molecule has 1 aromatic carbocycles. The summed E-state index contributed by atoms with van der Waals surface area (Å²) in [7, 11) is 0. The third-order valence-corrected chi connectivity index (χ3v) is 9.38. The lowest BCUT2D eigenvalue weighted by Crippen LogP contribution is -2.44. The van der Waals surface area contributed by atoms with Gasteiger partial charge in [0.1, 0.15) is 0 Å². The standard InChI is InChI=1S/C29H42N4O3.C2HF3O2/c1-21(34)32-15-11-24(12-16-32)29(36)33-19-25-17-31(18-26(25)20-33)14-13-27(22-7-3-2-4-8-22)30-28(35)23-9-5-6-10-23;3-2(4,5)1(6)7/h2-4,7-8,23-27H,5-6,9-20H2,1H3,(H,30,35);(H,6,7)/t25-,26?,27?;/m0./s1. The summed E-state index contributed by atoms with van der Waals surface area (Å²) in [6.07, 6.45) is 1.80. The summed E-state index contributed by atoms with van der Waals surface area (Å²) in [5, 5.41) is 10.5. The van der Waals surface area contributed by atoms with Crippen molar-refractivity contribution in [3.63, 3.8) is 0 Å². The number of benzene rings is 1. The minimum Gasteiger partial charge on any atom is -0.475 e. The van der Waals surface area contributed by atoms with Crippen LogP contribution in [0, 0.1) is 23.7 Å². The summed E-state index contributed by atoms with van der Waals surface area (Å²) in [6, 6.07) is 10.4. The molecule has 9 nitrogen and oxygen atoms in total. The van der Waals surface area contributed by atoms with Crippen LogP contribution in [0.4, 0.5) is 13.2 Å². The average Bonchev–Trinajstić information content (AvgIpc) is 3.73. The lowest BCUT2D eigenvalue weighted by molar-refractivity contribution is -0.192. The van der Waals surface area contributed by atoms with Gasteiger partial charge >= 0.3 is 12.1 Å². The third-order valence-electron chi connectivity index (χ3n) is 9.38. The van der Waals surface area contributed by atoms with Crippen LogP contribution < -0.4 is 5.32 Å². The van der Waals surface area contributed by atoms with E-state index >= 15 is 0 Å². The molecule has 3 aliphatic heterocycles. The first-order chi connectivity index (χ1) is 20.4. The Morgan fingerprint density at radius 2 is 1.44 bits per heavy atom. The van der Waals surface area contributed by atoms with Gasteiger partial charge in [0.05, 0.1) is 6.04 Å². The number of piperidine rings is 1. The lowest BCUT2D eigenvalue weighted by atomic mass is 9.95. The summed E-state index contributed by atoms with van der Waals surface area (Å²) in [5.41, 5.74) is 1.19. The van der Waals surface area contributed by atoms with Crippen molar-refractivity contribution in [3.8, 4) is 0 Å². The number of likely N-dealkylation sites (tertiary alicyclic amines) is 3. The fraction of sp³-hybridized carbons (Fsp3) is 0.677. The van der Waals surface area contributed by atoms with Crippen LogP contribution in [0.2, 0.25) is 0 Å². The van der Waals surface area contributed by atoms with E-state index in [0.717, 1.165) is 64.8 Å². The largest absolute Gasteiger partial charge is 0.490 e. The average molecular weight is 609 g/mol. The molecule has 1 aliphatic carbocycles. The fourth-order valence-electron chi connectivity index (χ4n) is 6.95. The number of carbonyl (C=O) groups is 4. The molecule has 4 fully saturated rings. The van der Waals surface area contributed by atoms with Crippen LogP contribution in [0.5, 0.6) is 0 Å². The van der Waals surface area contributed by atoms with Gasteiger partial charge in [-0.25, -0.2) is 4.79 Å². The van der Waals surface area contributed by atoms with Crippen LogP contribution >= 0.6 is 0 Å². The van der Waals surface area contributed by atoms with Gasteiger partial charge in [-0.3, -0.25) is 14.4 Å². The maximum absolute atomic E-state index is 13.1. The molecule has 2 N–H and O–H groups in total. The van der Waals surface area contributed by atoms with Crippen molar-refractivity contribution in [2.45, 2.75) is 64.1 Å². The van der Waals surface area contributed by atoms with Crippen molar-refractivity contribution in [2.24, 2.45) is 23.7 Å². The summed E-state index contributed by atoms with van der Waals surface area (Å²) in [4.78, 5) is 53.0. The van der Waals surface area contributed by atoms with Gasteiger partial charge in [-0.2, -0.15) is 13.2 Å². The molecule has 3 heterocycles. The van der Waals surface area contributed by atoms with E-state index in [0.29, 0.717) is 30.8 Å². The van der Waals surface area contributed by atoms with Crippen molar-refractivity contribution in [2.75, 3.05) is 45.8 Å². The highest BCUT2D eigenvalue weighted by Crippen LogP contribution is 2.34. The van der Waals surface area contributed by atoms with Crippen molar-refractivity contribution in [1.29, 1.82) is 0 Å². The number of alkyl halides is 3. The number of hydrogen-bond donors (Lipinski definition) is 2. The molecule has 43 heavy (non-hydrogen) atoms. The van der Waals surface area contributed by atoms with Crippen molar-refractivity contribution in [3.05, 3.63) is 35.9 Å². The molecule has 5 rings (SSSR count). The van der Waals surface area contributed by atoms with E-state index in [1.807, 2.05) is 11.0 Å². The molecule has 1 saturated carbocycles. The van der Waals surface area contributed by atoms with E-state index in [1.54, 1.807) is 6.92 Å². The quantitative estimate of drug-likeness (QED) is 0.489. The first-order valence-corrected chi connectivity index (χ1v) is 15.3. The Balaban J connectivity index is 0.000000541. The van der Waals surface area contributed by atoms with Gasteiger partial charge in [-0.05, 0) is 49.5 Å².